The van der Waals surface area contributed by atoms with Crippen molar-refractivity contribution in [2.45, 2.75) is 44.1 Å². The average Bonchev–Trinajstić information content (AvgIpc) is 3.42. The summed E-state index contributed by atoms with van der Waals surface area (Å²) < 4.78 is 41.7. The molecule has 2 N–H and O–H groups in total. The Balaban J connectivity index is 0.00000506. The minimum absolute atomic E-state index is 0. The minimum Gasteiger partial charge on any atom is -0.861 e. The number of likely N-dealkylation sites (tertiary alicyclic amines) is 1. The van der Waals surface area contributed by atoms with Crippen LogP contribution in [0.2, 0.25) is 0 Å². The summed E-state index contributed by atoms with van der Waals surface area (Å²) in [5.41, 5.74) is 1.43. The number of hydrogen-bond donors (Lipinski definition) is 2. The molecular formula is C31H29F3N3NiO5-. The van der Waals surface area contributed by atoms with Gasteiger partial charge < -0.3 is 15.3 Å². The molecule has 230 valence electrons. The molecule has 1 fully saturated rings. The molecule has 4 rings (SSSR count). The molecule has 0 aromatic heterocycles. The Hall–Kier alpha value is -4.02. The summed E-state index contributed by atoms with van der Waals surface area (Å²) in [4.78, 5) is 33.8. The van der Waals surface area contributed by atoms with E-state index in [1.807, 2.05) is 35.2 Å². The van der Waals surface area contributed by atoms with E-state index in [1.54, 1.807) is 30.3 Å². The first kappa shape index (κ1) is 33.5. The Morgan fingerprint density at radius 2 is 1.56 bits per heavy atom. The monoisotopic (exact) mass is 638 g/mol. The van der Waals surface area contributed by atoms with Gasteiger partial charge in [-0.05, 0) is 36.9 Å². The van der Waals surface area contributed by atoms with Crippen LogP contribution in [0.4, 0.5) is 18.9 Å². The molecule has 1 saturated heterocycles. The molecular weight excluding hydrogens is 610 g/mol. The van der Waals surface area contributed by atoms with E-state index in [0.717, 1.165) is 12.0 Å². The standard InChI is InChI=1S/C31H30F3N3O5.Ni/c32-31(33,34)23(18-26(38)39)28(30(41)42)36-27(21-12-5-2-6-13-21)22-14-7-8-15-24(22)35-29(40)25-16-9-17-37(25)19-20-10-3-1-4-11-20;/h1-8,10-15,23,25,28H,9,16-19H2,(H,35,40)(H,38,39)(H,41,42);/p-1. The SMILES string of the molecule is O=C(O)CC(C(N=C(c1ccccc1)c1ccccc1N=C([O-])C1CCCN1Cc1ccccc1)C(=O)O)C(F)(F)F.[Ni]. The molecule has 12 heteroatoms. The number of carbonyl (C=O) groups is 2. The topological polar surface area (TPSA) is 126 Å². The molecule has 0 spiro atoms. The number of rotatable bonds is 11. The van der Waals surface area contributed by atoms with Crippen LogP contribution in [0.5, 0.6) is 0 Å². The molecule has 0 aliphatic carbocycles. The number of nitrogens with zero attached hydrogens (tertiary/aromatic N) is 3. The summed E-state index contributed by atoms with van der Waals surface area (Å²) in [5.74, 6) is -6.96. The third-order valence-corrected chi connectivity index (χ3v) is 7.03. The molecule has 0 bridgehead atoms. The summed E-state index contributed by atoms with van der Waals surface area (Å²) in [6.45, 7) is 1.25. The van der Waals surface area contributed by atoms with E-state index in [-0.39, 0.29) is 39.0 Å². The van der Waals surface area contributed by atoms with E-state index in [0.29, 0.717) is 19.5 Å². The largest absolute Gasteiger partial charge is 0.861 e. The van der Waals surface area contributed by atoms with Crippen molar-refractivity contribution in [2.75, 3.05) is 6.54 Å². The van der Waals surface area contributed by atoms with E-state index in [1.165, 1.54) is 24.3 Å². The van der Waals surface area contributed by atoms with Crippen LogP contribution < -0.4 is 5.11 Å². The van der Waals surface area contributed by atoms with Gasteiger partial charge in [0.25, 0.3) is 0 Å². The van der Waals surface area contributed by atoms with Crippen LogP contribution >= 0.6 is 0 Å². The summed E-state index contributed by atoms with van der Waals surface area (Å²) in [7, 11) is 0. The van der Waals surface area contributed by atoms with Gasteiger partial charge in [0.1, 0.15) is 0 Å². The van der Waals surface area contributed by atoms with Crippen LogP contribution in [0.3, 0.4) is 0 Å². The fourth-order valence-electron chi connectivity index (χ4n) is 5.02. The summed E-state index contributed by atoms with van der Waals surface area (Å²) in [6.07, 6.45) is -5.26. The van der Waals surface area contributed by atoms with Gasteiger partial charge >= 0.3 is 18.1 Å². The van der Waals surface area contributed by atoms with E-state index >= 15 is 0 Å². The first-order chi connectivity index (χ1) is 20.0. The van der Waals surface area contributed by atoms with Crippen LogP contribution in [0.25, 0.3) is 0 Å². The second-order valence-electron chi connectivity index (χ2n) is 9.95. The number of halogens is 3. The van der Waals surface area contributed by atoms with Gasteiger partial charge in [-0.15, -0.1) is 0 Å². The van der Waals surface area contributed by atoms with Crippen molar-refractivity contribution in [2.24, 2.45) is 15.9 Å². The van der Waals surface area contributed by atoms with Gasteiger partial charge in [0, 0.05) is 40.2 Å². The number of aliphatic carboxylic acids is 2. The molecule has 3 aromatic carbocycles. The van der Waals surface area contributed by atoms with Gasteiger partial charge in [-0.3, -0.25) is 19.7 Å². The maximum Gasteiger partial charge on any atom is 0.395 e. The molecule has 0 amide bonds. The maximum absolute atomic E-state index is 13.9. The quantitative estimate of drug-likeness (QED) is 0.178. The fraction of sp³-hybridized carbons (Fsp3) is 0.290. The van der Waals surface area contributed by atoms with Crippen molar-refractivity contribution >= 4 is 29.2 Å². The number of benzene rings is 3. The minimum atomic E-state index is -5.16. The van der Waals surface area contributed by atoms with Crippen molar-refractivity contribution in [3.63, 3.8) is 0 Å². The normalized spacial score (nSPS) is 17.6. The predicted molar refractivity (Wildman–Crippen MR) is 149 cm³/mol. The van der Waals surface area contributed by atoms with E-state index in [9.17, 15) is 33.0 Å². The molecule has 1 aliphatic rings. The second kappa shape index (κ2) is 14.9. The number of alkyl halides is 3. The number of hydrogen-bond acceptors (Lipinski definition) is 6. The molecule has 3 aromatic rings. The summed E-state index contributed by atoms with van der Waals surface area (Å²) in [5, 5.41) is 32.4. The fourth-order valence-corrected chi connectivity index (χ4v) is 5.02. The predicted octanol–water partition coefficient (Wildman–Crippen LogP) is 4.68. The first-order valence-corrected chi connectivity index (χ1v) is 13.3. The molecule has 43 heavy (non-hydrogen) atoms. The second-order valence-corrected chi connectivity index (χ2v) is 9.95. The summed E-state index contributed by atoms with van der Waals surface area (Å²) in [6, 6.07) is 20.8. The van der Waals surface area contributed by atoms with Gasteiger partial charge in [0.2, 0.25) is 0 Å². The first-order valence-electron chi connectivity index (χ1n) is 13.3. The number of para-hydroxylation sites is 1. The molecule has 8 nitrogen and oxygen atoms in total. The Morgan fingerprint density at radius 1 is 0.953 bits per heavy atom. The number of aliphatic imine (C=N–C) groups is 2. The zero-order valence-corrected chi connectivity index (χ0v) is 23.7. The van der Waals surface area contributed by atoms with Crippen molar-refractivity contribution in [1.82, 2.24) is 4.90 Å². The van der Waals surface area contributed by atoms with Gasteiger partial charge in [0.05, 0.1) is 23.7 Å². The van der Waals surface area contributed by atoms with E-state index in [4.69, 9.17) is 5.11 Å². The molecule has 0 saturated carbocycles. The zero-order chi connectivity index (χ0) is 30.3. The zero-order valence-electron chi connectivity index (χ0n) is 22.8. The molecule has 3 unspecified atom stereocenters. The van der Waals surface area contributed by atoms with Crippen molar-refractivity contribution in [3.05, 3.63) is 102 Å². The average molecular weight is 639 g/mol. The van der Waals surface area contributed by atoms with Crippen LogP contribution in [0.15, 0.2) is 94.9 Å². The van der Waals surface area contributed by atoms with E-state index < -0.39 is 48.4 Å². The third-order valence-electron chi connectivity index (χ3n) is 7.03. The van der Waals surface area contributed by atoms with Crippen LogP contribution in [-0.4, -0.2) is 63.5 Å². The Morgan fingerprint density at radius 3 is 2.16 bits per heavy atom. The Kier molecular flexibility index (Phi) is 11.6. The van der Waals surface area contributed by atoms with Crippen LogP contribution in [0.1, 0.15) is 36.0 Å². The smallest absolute Gasteiger partial charge is 0.395 e. The van der Waals surface area contributed by atoms with Crippen molar-refractivity contribution < 1.29 is 54.6 Å². The number of carboxylic acids is 2. The molecule has 3 atom stereocenters. The molecule has 0 radical (unpaired) electrons. The maximum atomic E-state index is 13.9. The Labute approximate surface area is 256 Å². The van der Waals surface area contributed by atoms with Crippen LogP contribution in [-0.2, 0) is 32.6 Å². The van der Waals surface area contributed by atoms with Crippen molar-refractivity contribution in [3.8, 4) is 0 Å². The van der Waals surface area contributed by atoms with Gasteiger partial charge in [-0.2, -0.15) is 13.2 Å². The number of carboxylic acid groups (broad SMARTS) is 2. The molecule has 1 aliphatic heterocycles. The molecule has 1 heterocycles. The van der Waals surface area contributed by atoms with Gasteiger partial charge in [-0.1, -0.05) is 78.9 Å². The van der Waals surface area contributed by atoms with Crippen molar-refractivity contribution in [1.29, 1.82) is 0 Å². The van der Waals surface area contributed by atoms with Gasteiger partial charge in [0.15, 0.2) is 6.04 Å². The van der Waals surface area contributed by atoms with E-state index in [2.05, 4.69) is 9.98 Å². The van der Waals surface area contributed by atoms with Gasteiger partial charge in [-0.25, -0.2) is 4.79 Å². The third kappa shape index (κ3) is 8.75. The van der Waals surface area contributed by atoms with Crippen LogP contribution in [0, 0.1) is 5.92 Å². The summed E-state index contributed by atoms with van der Waals surface area (Å²) >= 11 is 0. The Bertz CT molecular complexity index is 1450.